The molecule has 1 heterocycles. The van der Waals surface area contributed by atoms with Gasteiger partial charge in [0, 0.05) is 25.4 Å². The van der Waals surface area contributed by atoms with E-state index in [4.69, 9.17) is 4.74 Å². The Morgan fingerprint density at radius 2 is 1.76 bits per heavy atom. The first-order valence-electron chi connectivity index (χ1n) is 8.13. The molecule has 0 fully saturated rings. The largest absolute Gasteiger partial charge is 0.444 e. The van der Waals surface area contributed by atoms with E-state index in [9.17, 15) is 4.79 Å². The van der Waals surface area contributed by atoms with Crippen LogP contribution in [0.4, 0.5) is 10.5 Å². The number of amides is 1. The predicted octanol–water partition coefficient (Wildman–Crippen LogP) is 4.07. The summed E-state index contributed by atoms with van der Waals surface area (Å²) in [5.41, 5.74) is 5.02. The van der Waals surface area contributed by atoms with Crippen LogP contribution in [0, 0.1) is 6.92 Å². The lowest BCUT2D eigenvalue weighted by Gasteiger charge is -2.08. The molecule has 5 heteroatoms. The van der Waals surface area contributed by atoms with E-state index in [0.717, 1.165) is 28.9 Å². The highest BCUT2D eigenvalue weighted by Crippen LogP contribution is 2.12. The molecular formula is C20H21N3O2. The number of nitrogens with zero attached hydrogens (tertiary/aromatic N) is 2. The van der Waals surface area contributed by atoms with Crippen molar-refractivity contribution < 1.29 is 9.53 Å². The van der Waals surface area contributed by atoms with Crippen molar-refractivity contribution in [3.8, 4) is 0 Å². The molecule has 0 radical (unpaired) electrons. The molecular weight excluding hydrogens is 314 g/mol. The molecule has 1 aromatic heterocycles. The van der Waals surface area contributed by atoms with Crippen LogP contribution in [-0.2, 0) is 24.8 Å². The molecule has 25 heavy (non-hydrogen) atoms. The second-order valence-corrected chi connectivity index (χ2v) is 6.09. The normalized spacial score (nSPS) is 10.5. The maximum atomic E-state index is 11.8. The van der Waals surface area contributed by atoms with Crippen molar-refractivity contribution in [2.75, 3.05) is 5.32 Å². The Bertz CT molecular complexity index is 836. The lowest BCUT2D eigenvalue weighted by Crippen LogP contribution is -2.13. The first-order chi connectivity index (χ1) is 12.1. The quantitative estimate of drug-likeness (QED) is 0.765. The molecule has 0 saturated carbocycles. The van der Waals surface area contributed by atoms with Gasteiger partial charge < -0.3 is 9.30 Å². The zero-order chi connectivity index (χ0) is 17.6. The molecule has 1 N–H and O–H groups in total. The fourth-order valence-electron chi connectivity index (χ4n) is 2.46. The number of benzene rings is 2. The zero-order valence-corrected chi connectivity index (χ0v) is 14.4. The molecule has 0 atom stereocenters. The number of hydrogen-bond donors (Lipinski definition) is 1. The number of imidazole rings is 1. The van der Waals surface area contributed by atoms with E-state index >= 15 is 0 Å². The molecule has 0 unspecified atom stereocenters. The van der Waals surface area contributed by atoms with Gasteiger partial charge in [-0.05, 0) is 30.2 Å². The van der Waals surface area contributed by atoms with Crippen LogP contribution >= 0.6 is 0 Å². The average Bonchev–Trinajstić information content (AvgIpc) is 3.01. The predicted molar refractivity (Wildman–Crippen MR) is 97.4 cm³/mol. The Morgan fingerprint density at radius 3 is 2.40 bits per heavy atom. The molecule has 1 amide bonds. The standard InChI is InChI=1S/C20H21N3O2/c1-15-3-9-18(10-4-15)22-20(24)25-13-17-7-5-16(6-8-17)11-19-12-23(2)14-21-19/h3-10,12,14H,11,13H2,1-2H3,(H,22,24). The van der Waals surface area contributed by atoms with Gasteiger partial charge in [0.2, 0.25) is 0 Å². The Balaban J connectivity index is 1.49. The Labute approximate surface area is 147 Å². The van der Waals surface area contributed by atoms with Gasteiger partial charge in [-0.1, -0.05) is 42.0 Å². The maximum Gasteiger partial charge on any atom is 0.411 e. The Morgan fingerprint density at radius 1 is 1.08 bits per heavy atom. The molecule has 3 aromatic rings. The van der Waals surface area contributed by atoms with E-state index in [-0.39, 0.29) is 6.61 Å². The smallest absolute Gasteiger partial charge is 0.411 e. The number of anilines is 1. The van der Waals surface area contributed by atoms with E-state index in [1.165, 1.54) is 5.56 Å². The number of carbonyl (C=O) groups excluding carboxylic acids is 1. The molecule has 128 valence electrons. The third-order valence-electron chi connectivity index (χ3n) is 3.83. The van der Waals surface area contributed by atoms with Gasteiger partial charge in [-0.3, -0.25) is 5.32 Å². The van der Waals surface area contributed by atoms with E-state index in [0.29, 0.717) is 0 Å². The molecule has 0 spiro atoms. The number of aryl methyl sites for hydroxylation is 2. The minimum atomic E-state index is -0.457. The van der Waals surface area contributed by atoms with Crippen LogP contribution < -0.4 is 5.32 Å². The highest BCUT2D eigenvalue weighted by Gasteiger charge is 2.04. The lowest BCUT2D eigenvalue weighted by molar-refractivity contribution is 0.155. The summed E-state index contributed by atoms with van der Waals surface area (Å²) in [6, 6.07) is 15.6. The zero-order valence-electron chi connectivity index (χ0n) is 14.4. The molecule has 0 saturated heterocycles. The molecule has 0 aliphatic carbocycles. The van der Waals surface area contributed by atoms with E-state index in [1.54, 1.807) is 6.33 Å². The molecule has 5 nitrogen and oxygen atoms in total. The van der Waals surface area contributed by atoms with Gasteiger partial charge in [0.05, 0.1) is 12.0 Å². The van der Waals surface area contributed by atoms with Crippen LogP contribution in [-0.4, -0.2) is 15.6 Å². The number of nitrogens with one attached hydrogen (secondary N) is 1. The van der Waals surface area contributed by atoms with Crippen molar-refractivity contribution in [3.63, 3.8) is 0 Å². The highest BCUT2D eigenvalue weighted by atomic mass is 16.5. The summed E-state index contributed by atoms with van der Waals surface area (Å²) in [4.78, 5) is 16.2. The van der Waals surface area contributed by atoms with Crippen LogP contribution in [0.3, 0.4) is 0 Å². The van der Waals surface area contributed by atoms with Crippen molar-refractivity contribution in [1.29, 1.82) is 0 Å². The monoisotopic (exact) mass is 335 g/mol. The summed E-state index contributed by atoms with van der Waals surface area (Å²) >= 11 is 0. The number of aromatic nitrogens is 2. The van der Waals surface area contributed by atoms with Crippen molar-refractivity contribution in [2.45, 2.75) is 20.0 Å². The van der Waals surface area contributed by atoms with Gasteiger partial charge in [-0.25, -0.2) is 9.78 Å². The van der Waals surface area contributed by atoms with Crippen LogP contribution in [0.5, 0.6) is 0 Å². The number of ether oxygens (including phenoxy) is 1. The third-order valence-corrected chi connectivity index (χ3v) is 3.83. The second-order valence-electron chi connectivity index (χ2n) is 6.09. The van der Waals surface area contributed by atoms with Crippen molar-refractivity contribution >= 4 is 11.8 Å². The number of carbonyl (C=O) groups is 1. The molecule has 0 bridgehead atoms. The van der Waals surface area contributed by atoms with Crippen molar-refractivity contribution in [3.05, 3.63) is 83.4 Å². The minimum absolute atomic E-state index is 0.238. The SMILES string of the molecule is Cc1ccc(NC(=O)OCc2ccc(Cc3cn(C)cn3)cc2)cc1. The lowest BCUT2D eigenvalue weighted by atomic mass is 10.1. The summed E-state index contributed by atoms with van der Waals surface area (Å²) in [6.45, 7) is 2.24. The fraction of sp³-hybridized carbons (Fsp3) is 0.200. The summed E-state index contributed by atoms with van der Waals surface area (Å²) in [5, 5.41) is 2.71. The molecule has 3 rings (SSSR count). The molecule has 0 aliphatic rings. The summed E-state index contributed by atoms with van der Waals surface area (Å²) in [7, 11) is 1.96. The Hall–Kier alpha value is -3.08. The van der Waals surface area contributed by atoms with Gasteiger partial charge in [0.25, 0.3) is 0 Å². The number of hydrogen-bond acceptors (Lipinski definition) is 3. The second kappa shape index (κ2) is 7.66. The fourth-order valence-corrected chi connectivity index (χ4v) is 2.46. The minimum Gasteiger partial charge on any atom is -0.444 e. The van der Waals surface area contributed by atoms with Gasteiger partial charge in [-0.2, -0.15) is 0 Å². The van der Waals surface area contributed by atoms with Gasteiger partial charge in [0.15, 0.2) is 0 Å². The maximum absolute atomic E-state index is 11.8. The molecule has 0 aliphatic heterocycles. The molecule has 2 aromatic carbocycles. The first-order valence-corrected chi connectivity index (χ1v) is 8.13. The average molecular weight is 335 g/mol. The first kappa shape index (κ1) is 16.8. The summed E-state index contributed by atoms with van der Waals surface area (Å²) in [6.07, 6.45) is 4.13. The van der Waals surface area contributed by atoms with Crippen LogP contribution in [0.1, 0.15) is 22.4 Å². The van der Waals surface area contributed by atoms with Crippen LogP contribution in [0.25, 0.3) is 0 Å². The summed E-state index contributed by atoms with van der Waals surface area (Å²) in [5.74, 6) is 0. The van der Waals surface area contributed by atoms with Gasteiger partial charge in [0.1, 0.15) is 6.61 Å². The topological polar surface area (TPSA) is 56.1 Å². The van der Waals surface area contributed by atoms with Crippen molar-refractivity contribution in [1.82, 2.24) is 9.55 Å². The van der Waals surface area contributed by atoms with E-state index < -0.39 is 6.09 Å². The van der Waals surface area contributed by atoms with Gasteiger partial charge >= 0.3 is 6.09 Å². The third kappa shape index (κ3) is 4.94. The van der Waals surface area contributed by atoms with E-state index in [1.807, 2.05) is 73.3 Å². The highest BCUT2D eigenvalue weighted by molar-refractivity contribution is 5.84. The van der Waals surface area contributed by atoms with Crippen molar-refractivity contribution in [2.24, 2.45) is 7.05 Å². The van der Waals surface area contributed by atoms with E-state index in [2.05, 4.69) is 10.3 Å². The number of rotatable bonds is 5. The van der Waals surface area contributed by atoms with Crippen LogP contribution in [0.2, 0.25) is 0 Å². The van der Waals surface area contributed by atoms with Crippen LogP contribution in [0.15, 0.2) is 61.1 Å². The van der Waals surface area contributed by atoms with Gasteiger partial charge in [-0.15, -0.1) is 0 Å². The Kier molecular flexibility index (Phi) is 5.14. The summed E-state index contributed by atoms with van der Waals surface area (Å²) < 4.78 is 7.19.